The van der Waals surface area contributed by atoms with Crippen LogP contribution in [0.25, 0.3) is 0 Å². The third-order valence-electron chi connectivity index (χ3n) is 4.16. The molecule has 1 aromatic carbocycles. The Morgan fingerprint density at radius 1 is 1.32 bits per heavy atom. The second-order valence-electron chi connectivity index (χ2n) is 5.71. The molecule has 0 radical (unpaired) electrons. The van der Waals surface area contributed by atoms with E-state index in [-0.39, 0.29) is 5.91 Å². The van der Waals surface area contributed by atoms with Gasteiger partial charge in [-0.05, 0) is 43.4 Å². The summed E-state index contributed by atoms with van der Waals surface area (Å²) in [5.74, 6) is 0.0879. The Morgan fingerprint density at radius 2 is 2.14 bits per heavy atom. The molecule has 1 saturated heterocycles. The standard InChI is InChI=1S/C17H23NO4/c1-2-13-5-4-9-18(10-8-13)17(21)14-6-3-7-15(11-14)22-12-16(19)20/h3,6-7,11,13H,2,4-5,8-10,12H2,1H3,(H,19,20). The molecular weight excluding hydrogens is 282 g/mol. The summed E-state index contributed by atoms with van der Waals surface area (Å²) < 4.78 is 5.13. The number of carbonyl (C=O) groups excluding carboxylic acids is 1. The predicted molar refractivity (Wildman–Crippen MR) is 83.1 cm³/mol. The van der Waals surface area contributed by atoms with E-state index in [4.69, 9.17) is 9.84 Å². The number of ether oxygens (including phenoxy) is 1. The summed E-state index contributed by atoms with van der Waals surface area (Å²) in [5, 5.41) is 8.64. The van der Waals surface area contributed by atoms with Crippen LogP contribution in [0.1, 0.15) is 43.0 Å². The first-order valence-electron chi connectivity index (χ1n) is 7.84. The fraction of sp³-hybridized carbons (Fsp3) is 0.529. The Labute approximate surface area is 130 Å². The van der Waals surface area contributed by atoms with Gasteiger partial charge in [0, 0.05) is 18.7 Å². The molecule has 1 atom stereocenters. The summed E-state index contributed by atoms with van der Waals surface area (Å²) >= 11 is 0. The monoisotopic (exact) mass is 305 g/mol. The van der Waals surface area contributed by atoms with E-state index in [0.29, 0.717) is 17.2 Å². The van der Waals surface area contributed by atoms with Gasteiger partial charge in [0.1, 0.15) is 5.75 Å². The van der Waals surface area contributed by atoms with Crippen LogP contribution < -0.4 is 4.74 Å². The van der Waals surface area contributed by atoms with Gasteiger partial charge in [-0.25, -0.2) is 4.79 Å². The molecule has 1 amide bonds. The Balaban J connectivity index is 2.02. The van der Waals surface area contributed by atoms with Gasteiger partial charge in [0.15, 0.2) is 6.61 Å². The van der Waals surface area contributed by atoms with Crippen LogP contribution in [0, 0.1) is 5.92 Å². The number of carboxylic acid groups (broad SMARTS) is 1. The molecule has 120 valence electrons. The van der Waals surface area contributed by atoms with E-state index in [1.807, 2.05) is 4.90 Å². The van der Waals surface area contributed by atoms with Gasteiger partial charge in [0.25, 0.3) is 5.91 Å². The Morgan fingerprint density at radius 3 is 2.86 bits per heavy atom. The van der Waals surface area contributed by atoms with Gasteiger partial charge in [-0.2, -0.15) is 0 Å². The van der Waals surface area contributed by atoms with Crippen LogP contribution in [0.15, 0.2) is 24.3 Å². The average Bonchev–Trinajstić information content (AvgIpc) is 2.78. The minimum atomic E-state index is -1.03. The molecule has 0 aromatic heterocycles. The molecule has 22 heavy (non-hydrogen) atoms. The van der Waals surface area contributed by atoms with Crippen LogP contribution in [0.4, 0.5) is 0 Å². The molecule has 1 unspecified atom stereocenters. The van der Waals surface area contributed by atoms with Crippen LogP contribution in [0.3, 0.4) is 0 Å². The Kier molecular flexibility index (Phi) is 5.81. The smallest absolute Gasteiger partial charge is 0.341 e. The molecule has 1 N–H and O–H groups in total. The second kappa shape index (κ2) is 7.82. The number of carboxylic acids is 1. The van der Waals surface area contributed by atoms with E-state index in [9.17, 15) is 9.59 Å². The molecular formula is C17H23NO4. The number of amides is 1. The molecule has 0 aliphatic carbocycles. The van der Waals surface area contributed by atoms with Gasteiger partial charge in [0.2, 0.25) is 0 Å². The van der Waals surface area contributed by atoms with Crippen molar-refractivity contribution in [2.24, 2.45) is 5.92 Å². The van der Waals surface area contributed by atoms with Crippen LogP contribution in [-0.4, -0.2) is 41.6 Å². The average molecular weight is 305 g/mol. The van der Waals surface area contributed by atoms with Crippen molar-refractivity contribution < 1.29 is 19.4 Å². The summed E-state index contributed by atoms with van der Waals surface area (Å²) in [5.41, 5.74) is 0.554. The molecule has 2 rings (SSSR count). The zero-order valence-electron chi connectivity index (χ0n) is 13.0. The molecule has 0 bridgehead atoms. The molecule has 5 heteroatoms. The van der Waals surface area contributed by atoms with Gasteiger partial charge in [-0.15, -0.1) is 0 Å². The molecule has 0 saturated carbocycles. The largest absolute Gasteiger partial charge is 0.482 e. The molecule has 1 fully saturated rings. The van der Waals surface area contributed by atoms with E-state index in [1.165, 1.54) is 12.8 Å². The number of hydrogen-bond donors (Lipinski definition) is 1. The van der Waals surface area contributed by atoms with Gasteiger partial charge < -0.3 is 14.7 Å². The van der Waals surface area contributed by atoms with Gasteiger partial charge in [-0.1, -0.05) is 19.4 Å². The Bertz CT molecular complexity index is 529. The fourth-order valence-electron chi connectivity index (χ4n) is 2.82. The first kappa shape index (κ1) is 16.3. The number of nitrogens with zero attached hydrogens (tertiary/aromatic N) is 1. The topological polar surface area (TPSA) is 66.8 Å². The number of aliphatic carboxylic acids is 1. The number of benzene rings is 1. The zero-order valence-corrected chi connectivity index (χ0v) is 13.0. The van der Waals surface area contributed by atoms with Crippen LogP contribution in [-0.2, 0) is 4.79 Å². The number of hydrogen-bond acceptors (Lipinski definition) is 3. The van der Waals surface area contributed by atoms with Crippen molar-refractivity contribution >= 4 is 11.9 Å². The maximum absolute atomic E-state index is 12.6. The maximum atomic E-state index is 12.6. The van der Waals surface area contributed by atoms with Crippen molar-refractivity contribution in [2.75, 3.05) is 19.7 Å². The highest BCUT2D eigenvalue weighted by atomic mass is 16.5. The number of carbonyl (C=O) groups is 2. The summed E-state index contributed by atoms with van der Waals surface area (Å²) in [4.78, 5) is 25.0. The van der Waals surface area contributed by atoms with Gasteiger partial charge in [-0.3, -0.25) is 4.79 Å². The highest BCUT2D eigenvalue weighted by Crippen LogP contribution is 2.22. The SMILES string of the molecule is CCC1CCCN(C(=O)c2cccc(OCC(=O)O)c2)CC1. The van der Waals surface area contributed by atoms with Crippen molar-refractivity contribution in [3.8, 4) is 5.75 Å². The van der Waals surface area contributed by atoms with E-state index in [2.05, 4.69) is 6.92 Å². The van der Waals surface area contributed by atoms with Gasteiger partial charge in [0.05, 0.1) is 0 Å². The van der Waals surface area contributed by atoms with E-state index >= 15 is 0 Å². The summed E-state index contributed by atoms with van der Waals surface area (Å²) in [7, 11) is 0. The van der Waals surface area contributed by atoms with Crippen LogP contribution in [0.5, 0.6) is 5.75 Å². The molecule has 1 aliphatic rings. The second-order valence-corrected chi connectivity index (χ2v) is 5.71. The van der Waals surface area contributed by atoms with Crippen LogP contribution >= 0.6 is 0 Å². The molecule has 1 heterocycles. The zero-order chi connectivity index (χ0) is 15.9. The van der Waals surface area contributed by atoms with E-state index in [0.717, 1.165) is 25.9 Å². The van der Waals surface area contributed by atoms with Crippen molar-refractivity contribution in [3.63, 3.8) is 0 Å². The van der Waals surface area contributed by atoms with Crippen LogP contribution in [0.2, 0.25) is 0 Å². The molecule has 0 spiro atoms. The fourth-order valence-corrected chi connectivity index (χ4v) is 2.82. The lowest BCUT2D eigenvalue weighted by Gasteiger charge is -2.21. The lowest BCUT2D eigenvalue weighted by Crippen LogP contribution is -2.32. The quantitative estimate of drug-likeness (QED) is 0.908. The van der Waals surface area contributed by atoms with E-state index < -0.39 is 12.6 Å². The summed E-state index contributed by atoms with van der Waals surface area (Å²) in [6, 6.07) is 6.75. The lowest BCUT2D eigenvalue weighted by atomic mass is 9.98. The summed E-state index contributed by atoms with van der Waals surface area (Å²) in [6.45, 7) is 3.37. The van der Waals surface area contributed by atoms with Gasteiger partial charge >= 0.3 is 5.97 Å². The van der Waals surface area contributed by atoms with Crippen molar-refractivity contribution in [3.05, 3.63) is 29.8 Å². The molecule has 1 aliphatic heterocycles. The first-order valence-corrected chi connectivity index (χ1v) is 7.84. The third kappa shape index (κ3) is 4.48. The van der Waals surface area contributed by atoms with Crippen molar-refractivity contribution in [1.82, 2.24) is 4.90 Å². The predicted octanol–water partition coefficient (Wildman–Crippen LogP) is 2.80. The van der Waals surface area contributed by atoms with E-state index in [1.54, 1.807) is 24.3 Å². The normalized spacial score (nSPS) is 18.6. The highest BCUT2D eigenvalue weighted by Gasteiger charge is 2.21. The highest BCUT2D eigenvalue weighted by molar-refractivity contribution is 5.94. The summed E-state index contributed by atoms with van der Waals surface area (Å²) in [6.07, 6.45) is 4.44. The first-order chi connectivity index (χ1) is 10.6. The van der Waals surface area contributed by atoms with Crippen molar-refractivity contribution in [2.45, 2.75) is 32.6 Å². The lowest BCUT2D eigenvalue weighted by molar-refractivity contribution is -0.139. The minimum absolute atomic E-state index is 0.00229. The van der Waals surface area contributed by atoms with Crippen molar-refractivity contribution in [1.29, 1.82) is 0 Å². The third-order valence-corrected chi connectivity index (χ3v) is 4.16. The molecule has 5 nitrogen and oxygen atoms in total. The maximum Gasteiger partial charge on any atom is 0.341 e. The molecule has 1 aromatic rings. The Hall–Kier alpha value is -2.04. The minimum Gasteiger partial charge on any atom is -0.482 e. The number of likely N-dealkylation sites (tertiary alicyclic amines) is 1. The number of rotatable bonds is 5.